The molecule has 0 N–H and O–H groups in total. The smallest absolute Gasteiger partial charge is 0.542 e. The fourth-order valence-electron chi connectivity index (χ4n) is 3.48. The molecule has 1 radical (unpaired) electrons. The fraction of sp³-hybridized carbons (Fsp3) is 0.190. The van der Waals surface area contributed by atoms with E-state index in [1.807, 2.05) is 85.2 Å². The van der Waals surface area contributed by atoms with Crippen LogP contribution in [-0.4, -0.2) is 80.1 Å². The van der Waals surface area contributed by atoms with E-state index in [9.17, 15) is 78.0 Å². The van der Waals surface area contributed by atoms with E-state index in [-0.39, 0.29) is 20.1 Å². The summed E-state index contributed by atoms with van der Waals surface area (Å²) in [4.78, 5) is 127. The second-order valence-electron chi connectivity index (χ2n) is 11.5. The van der Waals surface area contributed by atoms with Crippen LogP contribution < -0.4 is 20.4 Å². The minimum Gasteiger partial charge on any atom is -0.542 e. The molecule has 2 aromatic heterocycles. The Hall–Kier alpha value is -7.37. The number of carbonyl (C=O) groups excluding carboxylic acids is 12. The number of benzene rings is 2. The van der Waals surface area contributed by atoms with Crippen LogP contribution in [0.5, 0.6) is 0 Å². The van der Waals surface area contributed by atoms with Gasteiger partial charge in [0.2, 0.25) is 0 Å². The molecule has 2 aromatic carbocycles. The standard InChI is InChI=1S/2C11H9N.4C5H6O4.Ir/c2*1-2-6-10(7-3-1)11-8-4-5-9-12-11;4*1-3(6)2-4(7)5(8)9;/h2*1-9H;4*2H2,1H3,(H,8,9);/q;;;;;;+4/p-4. The summed E-state index contributed by atoms with van der Waals surface area (Å²) < 4.78 is 0. The molecule has 0 saturated carbocycles. The van der Waals surface area contributed by atoms with Gasteiger partial charge < -0.3 is 39.6 Å². The van der Waals surface area contributed by atoms with Gasteiger partial charge in [0.25, 0.3) is 0 Å². The summed E-state index contributed by atoms with van der Waals surface area (Å²) in [5.74, 6) is -13.7. The second kappa shape index (κ2) is 33.6. The van der Waals surface area contributed by atoms with Crippen LogP contribution in [0, 0.1) is 0 Å². The Morgan fingerprint density at radius 1 is 0.361 bits per heavy atom. The van der Waals surface area contributed by atoms with Crippen molar-refractivity contribution in [3.8, 4) is 22.5 Å². The predicted octanol–water partition coefficient (Wildman–Crippen LogP) is -1.37. The maximum Gasteiger partial charge on any atom is 4.00 e. The zero-order valence-electron chi connectivity index (χ0n) is 33.0. The van der Waals surface area contributed by atoms with E-state index in [0.29, 0.717) is 0 Å². The number of carboxylic acid groups (broad SMARTS) is 4. The van der Waals surface area contributed by atoms with E-state index in [2.05, 4.69) is 34.2 Å². The van der Waals surface area contributed by atoms with Gasteiger partial charge in [0.05, 0.1) is 37.1 Å². The van der Waals surface area contributed by atoms with E-state index in [4.69, 9.17) is 0 Å². The zero-order chi connectivity index (χ0) is 46.2. The van der Waals surface area contributed by atoms with Gasteiger partial charge in [0, 0.05) is 23.5 Å². The van der Waals surface area contributed by atoms with Gasteiger partial charge in [-0.05, 0) is 52.0 Å². The number of hydrogen-bond acceptors (Lipinski definition) is 18. The van der Waals surface area contributed by atoms with Crippen molar-refractivity contribution in [2.45, 2.75) is 53.4 Å². The maximum atomic E-state index is 10.1. The normalized spacial score (nSPS) is 8.85. The molecule has 0 saturated heterocycles. The van der Waals surface area contributed by atoms with Crippen LogP contribution in [0.3, 0.4) is 0 Å². The Kier molecular flexibility index (Phi) is 31.9. The fourth-order valence-corrected chi connectivity index (χ4v) is 3.48. The SMILES string of the molecule is CC(=O)CC(=O)C(=O)[O-].CC(=O)CC(=O)C(=O)[O-].CC(=O)CC(=O)C(=O)[O-].CC(=O)CC(=O)C(=O)[O-].[Ir+4].c1ccc(-c2ccccn2)cc1.c1ccc(-c2ccccn2)cc1. The number of aromatic nitrogens is 2. The van der Waals surface area contributed by atoms with Gasteiger partial charge in [0.15, 0.2) is 23.1 Å². The molecule has 0 aliphatic carbocycles. The van der Waals surface area contributed by atoms with Crippen molar-refractivity contribution < 1.29 is 98.1 Å². The number of aliphatic carboxylic acids is 4. The molecule has 4 rings (SSSR count). The van der Waals surface area contributed by atoms with E-state index in [1.54, 1.807) is 0 Å². The van der Waals surface area contributed by atoms with Crippen molar-refractivity contribution in [2.24, 2.45) is 0 Å². The Balaban J connectivity index is -0.000000665. The number of ketones is 8. The van der Waals surface area contributed by atoms with E-state index in [0.717, 1.165) is 50.2 Å². The molecule has 0 amide bonds. The molecule has 18 nitrogen and oxygen atoms in total. The molecule has 61 heavy (non-hydrogen) atoms. The summed E-state index contributed by atoms with van der Waals surface area (Å²) >= 11 is 0. The number of nitrogens with zero attached hydrogens (tertiary/aromatic N) is 2. The van der Waals surface area contributed by atoms with Crippen LogP contribution in [0.4, 0.5) is 0 Å². The van der Waals surface area contributed by atoms with Gasteiger partial charge in [-0.1, -0.05) is 72.8 Å². The topological polar surface area (TPSA) is 323 Å². The summed E-state index contributed by atoms with van der Waals surface area (Å²) in [6.07, 6.45) is 1.35. The van der Waals surface area contributed by atoms with Crippen LogP contribution in [0.25, 0.3) is 22.5 Å². The average Bonchev–Trinajstić information content (AvgIpc) is 3.19. The predicted molar refractivity (Wildman–Crippen MR) is 201 cm³/mol. The third kappa shape index (κ3) is 32.3. The van der Waals surface area contributed by atoms with Crippen LogP contribution in [0.2, 0.25) is 0 Å². The molecule has 4 aromatic rings. The summed E-state index contributed by atoms with van der Waals surface area (Å²) in [5, 5.41) is 38.5. The van der Waals surface area contributed by atoms with E-state index >= 15 is 0 Å². The summed E-state index contributed by atoms with van der Waals surface area (Å²) in [5.41, 5.74) is 4.38. The second-order valence-corrected chi connectivity index (χ2v) is 11.5. The van der Waals surface area contributed by atoms with Crippen molar-refractivity contribution in [1.29, 1.82) is 0 Å². The zero-order valence-corrected chi connectivity index (χ0v) is 35.4. The molecule has 0 aliphatic heterocycles. The first-order valence-corrected chi connectivity index (χ1v) is 17.0. The molecule has 0 atom stereocenters. The van der Waals surface area contributed by atoms with Crippen molar-refractivity contribution in [2.75, 3.05) is 0 Å². The van der Waals surface area contributed by atoms with E-state index < -0.39 is 95.8 Å². The maximum absolute atomic E-state index is 10.1. The summed E-state index contributed by atoms with van der Waals surface area (Å²) in [6, 6.07) is 32.2. The van der Waals surface area contributed by atoms with Crippen LogP contribution >= 0.6 is 0 Å². The Labute approximate surface area is 362 Å². The molecule has 0 spiro atoms. The number of Topliss-reactive ketones (excluding diaryl/α,β-unsaturated/α-hetero) is 8. The van der Waals surface area contributed by atoms with Gasteiger partial charge in [0.1, 0.15) is 47.0 Å². The number of carbonyl (C=O) groups is 12. The third-order valence-electron chi connectivity index (χ3n) is 6.02. The van der Waals surface area contributed by atoms with Gasteiger partial charge in [-0.3, -0.25) is 48.3 Å². The minimum atomic E-state index is -1.80. The Morgan fingerprint density at radius 2 is 0.574 bits per heavy atom. The van der Waals surface area contributed by atoms with Crippen molar-refractivity contribution in [3.05, 3.63) is 109 Å². The first kappa shape index (κ1) is 58.0. The van der Waals surface area contributed by atoms with Crippen LogP contribution in [0.1, 0.15) is 53.4 Å². The third-order valence-corrected chi connectivity index (χ3v) is 6.02. The van der Waals surface area contributed by atoms with E-state index in [1.165, 1.54) is 0 Å². The molecular formula is C42H38IrN2O16. The van der Waals surface area contributed by atoms with Gasteiger partial charge in [-0.15, -0.1) is 0 Å². The van der Waals surface area contributed by atoms with Crippen LogP contribution in [0.15, 0.2) is 109 Å². The number of hydrogen-bond donors (Lipinski definition) is 0. The van der Waals surface area contributed by atoms with Gasteiger partial charge in [-0.2, -0.15) is 0 Å². The van der Waals surface area contributed by atoms with Crippen molar-refractivity contribution >= 4 is 70.1 Å². The molecule has 19 heteroatoms. The summed E-state index contributed by atoms with van der Waals surface area (Å²) in [7, 11) is 0. The van der Waals surface area contributed by atoms with Crippen molar-refractivity contribution in [1.82, 2.24) is 9.97 Å². The number of rotatable bonds is 14. The van der Waals surface area contributed by atoms with Crippen LogP contribution in [-0.2, 0) is 77.6 Å². The Morgan fingerprint density at radius 3 is 0.721 bits per heavy atom. The first-order valence-electron chi connectivity index (χ1n) is 17.0. The quantitative estimate of drug-likeness (QED) is 0.104. The summed E-state index contributed by atoms with van der Waals surface area (Å²) in [6.45, 7) is 4.56. The molecule has 0 bridgehead atoms. The molecule has 0 unspecified atom stereocenters. The molecule has 0 aliphatic rings. The molecular weight excluding hydrogens is 981 g/mol. The average molecular weight is 1020 g/mol. The Bertz CT molecular complexity index is 1790. The van der Waals surface area contributed by atoms with Gasteiger partial charge >= 0.3 is 20.1 Å². The largest absolute Gasteiger partial charge is 4.00 e. The number of pyridine rings is 2. The van der Waals surface area contributed by atoms with Crippen molar-refractivity contribution in [3.63, 3.8) is 0 Å². The number of carboxylic acids is 4. The molecule has 0 fully saturated rings. The molecule has 2 heterocycles. The minimum absolute atomic E-state index is 0. The van der Waals surface area contributed by atoms with Gasteiger partial charge in [-0.25, -0.2) is 0 Å². The first-order chi connectivity index (χ1) is 28.1. The monoisotopic (exact) mass is 1020 g/mol. The molecule has 321 valence electrons.